The topological polar surface area (TPSA) is 86.7 Å². The number of hydrogen-bond acceptors (Lipinski definition) is 6. The molecule has 0 aromatic heterocycles. The first-order valence-corrected chi connectivity index (χ1v) is 5.32. The molecule has 0 aromatic carbocycles. The number of fused-ring (bicyclic) bond motifs is 1. The van der Waals surface area contributed by atoms with E-state index in [-0.39, 0.29) is 24.1 Å². The van der Waals surface area contributed by atoms with Gasteiger partial charge in [0, 0.05) is 12.8 Å². The van der Waals surface area contributed by atoms with Crippen LogP contribution in [-0.2, 0) is 28.7 Å². The predicted molar refractivity (Wildman–Crippen MR) is 49.0 cm³/mol. The molecule has 1 saturated carbocycles. The quantitative estimate of drug-likeness (QED) is 0.291. The molecule has 1 aliphatic carbocycles. The molecule has 90 valence electrons. The van der Waals surface area contributed by atoms with Gasteiger partial charge in [0.25, 0.3) is 0 Å². The van der Waals surface area contributed by atoms with Crippen molar-refractivity contribution in [1.82, 2.24) is 0 Å². The molecule has 2 heterocycles. The summed E-state index contributed by atoms with van der Waals surface area (Å²) in [5.41, 5.74) is -0.872. The Bertz CT molecular complexity index is 431. The summed E-state index contributed by atoms with van der Waals surface area (Å²) < 4.78 is 8.92. The molecular weight excluding hydrogens is 230 g/mol. The lowest BCUT2D eigenvalue weighted by atomic mass is 10.1. The molecule has 3 fully saturated rings. The summed E-state index contributed by atoms with van der Waals surface area (Å²) in [6, 6.07) is 0. The van der Waals surface area contributed by atoms with Crippen molar-refractivity contribution < 1.29 is 33.1 Å². The fourth-order valence-electron chi connectivity index (χ4n) is 2.78. The van der Waals surface area contributed by atoms with Crippen molar-refractivity contribution in [2.45, 2.75) is 18.4 Å². The summed E-state index contributed by atoms with van der Waals surface area (Å²) in [4.78, 5) is 45.8. The largest absolute Gasteiger partial charge is 0.385 e. The van der Waals surface area contributed by atoms with Crippen LogP contribution in [0.15, 0.2) is 0 Å². The molecule has 0 unspecified atom stereocenters. The van der Waals surface area contributed by atoms with Crippen molar-refractivity contribution in [2.75, 3.05) is 19.6 Å². The third-order valence-corrected chi connectivity index (χ3v) is 3.74. The average Bonchev–Trinajstić information content (AvgIpc) is 2.93. The molecule has 7 heteroatoms. The second-order valence-electron chi connectivity index (χ2n) is 4.76. The minimum Gasteiger partial charge on any atom is -0.385 e. The van der Waals surface area contributed by atoms with Gasteiger partial charge in [-0.05, 0) is 0 Å². The predicted octanol–water partition coefficient (Wildman–Crippen LogP) is -1.50. The lowest BCUT2D eigenvalue weighted by Crippen LogP contribution is -2.72. The van der Waals surface area contributed by atoms with E-state index in [0.29, 0.717) is 12.8 Å². The van der Waals surface area contributed by atoms with Gasteiger partial charge in [-0.2, -0.15) is 0 Å². The normalized spacial score (nSPS) is 29.2. The summed E-state index contributed by atoms with van der Waals surface area (Å²) in [6.45, 7) is -0.355. The fourth-order valence-corrected chi connectivity index (χ4v) is 2.78. The fraction of sp³-hybridized carbons (Fsp3) is 0.600. The van der Waals surface area contributed by atoms with Gasteiger partial charge >= 0.3 is 23.9 Å². The molecule has 0 amide bonds. The van der Waals surface area contributed by atoms with E-state index in [0.717, 1.165) is 0 Å². The summed E-state index contributed by atoms with van der Waals surface area (Å²) in [5.74, 6) is -2.67. The maximum atomic E-state index is 11.8. The number of rotatable bonds is 0. The highest BCUT2D eigenvalue weighted by atomic mass is 16.6. The molecule has 2 saturated heterocycles. The van der Waals surface area contributed by atoms with Crippen LogP contribution in [0.5, 0.6) is 0 Å². The molecule has 2 aliphatic heterocycles. The molecule has 0 bridgehead atoms. The zero-order chi connectivity index (χ0) is 12.3. The number of esters is 4. The summed E-state index contributed by atoms with van der Waals surface area (Å²) in [5, 5.41) is 0. The molecule has 0 radical (unpaired) electrons. The van der Waals surface area contributed by atoms with Crippen LogP contribution in [0.25, 0.3) is 0 Å². The minimum absolute atomic E-state index is 0.118. The van der Waals surface area contributed by atoms with Gasteiger partial charge in [0.05, 0.1) is 0 Å². The van der Waals surface area contributed by atoms with Gasteiger partial charge in [-0.1, -0.05) is 0 Å². The van der Waals surface area contributed by atoms with Gasteiger partial charge in [-0.25, -0.2) is 19.2 Å². The maximum absolute atomic E-state index is 11.8. The first kappa shape index (κ1) is 10.4. The standard InChI is InChI=1S/C10H10NO6/c12-6-3-11(4-7(13)16-6)5-8(14)17-9(15)10(11)1-2-10/h1-5H2/q+1. The van der Waals surface area contributed by atoms with E-state index in [1.54, 1.807) is 0 Å². The molecule has 2 spiro atoms. The molecule has 3 aliphatic rings. The van der Waals surface area contributed by atoms with E-state index < -0.39 is 29.4 Å². The zero-order valence-corrected chi connectivity index (χ0v) is 8.93. The van der Waals surface area contributed by atoms with E-state index in [4.69, 9.17) is 0 Å². The Morgan fingerprint density at radius 3 is 1.76 bits per heavy atom. The monoisotopic (exact) mass is 240 g/mol. The van der Waals surface area contributed by atoms with Gasteiger partial charge in [0.1, 0.15) is 0 Å². The Kier molecular flexibility index (Phi) is 1.79. The van der Waals surface area contributed by atoms with Crippen LogP contribution in [0, 0.1) is 0 Å². The number of nitrogens with zero attached hydrogens (tertiary/aromatic N) is 1. The van der Waals surface area contributed by atoms with Gasteiger partial charge in [0.2, 0.25) is 0 Å². The minimum atomic E-state index is -0.872. The molecule has 0 aromatic rings. The van der Waals surface area contributed by atoms with Crippen molar-refractivity contribution in [3.05, 3.63) is 0 Å². The number of carbonyl (C=O) groups is 4. The Morgan fingerprint density at radius 1 is 0.824 bits per heavy atom. The number of quaternary nitrogens is 1. The molecule has 3 rings (SSSR count). The van der Waals surface area contributed by atoms with Crippen molar-refractivity contribution >= 4 is 23.9 Å². The molecule has 0 atom stereocenters. The number of morpholine rings is 2. The first-order valence-electron chi connectivity index (χ1n) is 5.32. The first-order chi connectivity index (χ1) is 7.97. The van der Waals surface area contributed by atoms with Crippen LogP contribution < -0.4 is 0 Å². The van der Waals surface area contributed by atoms with Gasteiger partial charge < -0.3 is 9.47 Å². The third-order valence-electron chi connectivity index (χ3n) is 3.74. The van der Waals surface area contributed by atoms with E-state index in [2.05, 4.69) is 9.47 Å². The van der Waals surface area contributed by atoms with Gasteiger partial charge in [-0.3, -0.25) is 4.48 Å². The van der Waals surface area contributed by atoms with Crippen LogP contribution in [-0.4, -0.2) is 53.5 Å². The Hall–Kier alpha value is -1.76. The van der Waals surface area contributed by atoms with Crippen molar-refractivity contribution in [3.63, 3.8) is 0 Å². The van der Waals surface area contributed by atoms with Crippen molar-refractivity contribution in [3.8, 4) is 0 Å². The number of carbonyl (C=O) groups excluding carboxylic acids is 4. The van der Waals surface area contributed by atoms with Crippen molar-refractivity contribution in [2.24, 2.45) is 0 Å². The maximum Gasteiger partial charge on any atom is 0.375 e. The van der Waals surface area contributed by atoms with E-state index >= 15 is 0 Å². The van der Waals surface area contributed by atoms with Crippen LogP contribution in [0.3, 0.4) is 0 Å². The molecular formula is C10H10NO6+. The van der Waals surface area contributed by atoms with Crippen LogP contribution >= 0.6 is 0 Å². The highest BCUT2D eigenvalue weighted by Gasteiger charge is 2.72. The van der Waals surface area contributed by atoms with E-state index in [9.17, 15) is 19.2 Å². The molecule has 17 heavy (non-hydrogen) atoms. The summed E-state index contributed by atoms with van der Waals surface area (Å²) in [6.07, 6.45) is 1.08. The number of ether oxygens (including phenoxy) is 2. The summed E-state index contributed by atoms with van der Waals surface area (Å²) in [7, 11) is 0. The van der Waals surface area contributed by atoms with Gasteiger partial charge in [0.15, 0.2) is 25.2 Å². The SMILES string of the molecule is O=C1C[N+]2(CC(=O)O1)CC(=O)OC(=O)C21CC1. The number of cyclic esters (lactones) is 4. The van der Waals surface area contributed by atoms with Crippen molar-refractivity contribution in [1.29, 1.82) is 0 Å². The third kappa shape index (κ3) is 1.25. The zero-order valence-electron chi connectivity index (χ0n) is 8.93. The Balaban J connectivity index is 2.03. The second-order valence-corrected chi connectivity index (χ2v) is 4.76. The summed E-state index contributed by atoms with van der Waals surface area (Å²) >= 11 is 0. The van der Waals surface area contributed by atoms with Crippen LogP contribution in [0.4, 0.5) is 0 Å². The molecule has 0 N–H and O–H groups in total. The second kappa shape index (κ2) is 2.92. The van der Waals surface area contributed by atoms with E-state index in [1.165, 1.54) is 0 Å². The number of hydrogen-bond donors (Lipinski definition) is 0. The Labute approximate surface area is 95.8 Å². The molecule has 7 nitrogen and oxygen atoms in total. The lowest BCUT2D eigenvalue weighted by Gasteiger charge is -2.45. The van der Waals surface area contributed by atoms with Crippen LogP contribution in [0.1, 0.15) is 12.8 Å². The highest BCUT2D eigenvalue weighted by molar-refractivity contribution is 5.97. The van der Waals surface area contributed by atoms with Gasteiger partial charge in [-0.15, -0.1) is 0 Å². The van der Waals surface area contributed by atoms with E-state index in [1.807, 2.05) is 0 Å². The smallest absolute Gasteiger partial charge is 0.375 e. The lowest BCUT2D eigenvalue weighted by molar-refractivity contribution is -0.938. The Morgan fingerprint density at radius 2 is 1.29 bits per heavy atom. The highest BCUT2D eigenvalue weighted by Crippen LogP contribution is 2.50. The average molecular weight is 240 g/mol. The van der Waals surface area contributed by atoms with Crippen LogP contribution in [0.2, 0.25) is 0 Å².